The number of benzene rings is 1. The van der Waals surface area contributed by atoms with E-state index >= 15 is 0 Å². The number of rotatable bonds is 2. The number of nitrogens with two attached hydrogens (primary N) is 1. The molecule has 4 nitrogen and oxygen atoms in total. The molecular weight excluding hydrogens is 202 g/mol. The van der Waals surface area contributed by atoms with Gasteiger partial charge in [-0.1, -0.05) is 5.16 Å². The smallest absolute Gasteiger partial charge is 0.168 e. The van der Waals surface area contributed by atoms with Crippen molar-refractivity contribution in [2.24, 2.45) is 10.7 Å². The average Bonchev–Trinajstić information content (AvgIpc) is 2.64. The Hall–Kier alpha value is -1.55. The van der Waals surface area contributed by atoms with E-state index in [1.54, 1.807) is 12.3 Å². The third-order valence-electron chi connectivity index (χ3n) is 1.75. The van der Waals surface area contributed by atoms with Crippen LogP contribution in [0.2, 0.25) is 0 Å². The van der Waals surface area contributed by atoms with E-state index in [0.29, 0.717) is 17.1 Å². The molecule has 2 aromatic rings. The van der Waals surface area contributed by atoms with Crippen molar-refractivity contribution in [2.45, 2.75) is 0 Å². The number of nitrogens with zero attached hydrogens (tertiary/aromatic N) is 2. The van der Waals surface area contributed by atoms with Crippen LogP contribution in [0.1, 0.15) is 0 Å². The summed E-state index contributed by atoms with van der Waals surface area (Å²) in [5, 5.41) is 4.60. The zero-order valence-corrected chi connectivity index (χ0v) is 8.03. The lowest BCUT2D eigenvalue weighted by atomic mass is 10.2. The molecule has 14 heavy (non-hydrogen) atoms. The molecular formula is C9H8ClN3O. The van der Waals surface area contributed by atoms with Gasteiger partial charge < -0.3 is 10.3 Å². The molecule has 1 aromatic heterocycles. The summed E-state index contributed by atoms with van der Waals surface area (Å²) in [4.78, 5) is 4.08. The molecule has 1 heterocycles. The zero-order valence-electron chi connectivity index (χ0n) is 7.27. The fourth-order valence-electron chi connectivity index (χ4n) is 1.11. The number of hydrogen-bond donors (Lipinski definition) is 1. The lowest BCUT2D eigenvalue weighted by Gasteiger charge is -1.95. The SMILES string of the molecule is NC(CCl)=Nc1ccc2cnoc2c1. The molecule has 0 saturated heterocycles. The van der Waals surface area contributed by atoms with E-state index in [1.165, 1.54) is 0 Å². The minimum absolute atomic E-state index is 0.217. The van der Waals surface area contributed by atoms with Crippen molar-refractivity contribution < 1.29 is 4.52 Å². The Labute approximate surface area is 85.3 Å². The van der Waals surface area contributed by atoms with Crippen LogP contribution in [-0.4, -0.2) is 16.9 Å². The molecule has 0 aliphatic rings. The molecule has 0 unspecified atom stereocenters. The van der Waals surface area contributed by atoms with Crippen LogP contribution in [0.15, 0.2) is 33.9 Å². The molecule has 0 aliphatic carbocycles. The summed E-state index contributed by atoms with van der Waals surface area (Å²) in [5.74, 6) is 0.597. The minimum atomic E-state index is 0.217. The van der Waals surface area contributed by atoms with Gasteiger partial charge in [0.25, 0.3) is 0 Å². The first-order valence-electron chi connectivity index (χ1n) is 4.03. The van der Waals surface area contributed by atoms with E-state index in [9.17, 15) is 0 Å². The third kappa shape index (κ3) is 1.70. The maximum Gasteiger partial charge on any atom is 0.168 e. The predicted octanol–water partition coefficient (Wildman–Crippen LogP) is 2.06. The van der Waals surface area contributed by atoms with Crippen molar-refractivity contribution in [3.8, 4) is 0 Å². The van der Waals surface area contributed by atoms with Crippen molar-refractivity contribution in [2.75, 3.05) is 5.88 Å². The Balaban J connectivity index is 2.44. The number of amidine groups is 1. The lowest BCUT2D eigenvalue weighted by molar-refractivity contribution is 0.456. The van der Waals surface area contributed by atoms with Crippen LogP contribution in [-0.2, 0) is 0 Å². The second-order valence-electron chi connectivity index (χ2n) is 2.78. The summed E-state index contributed by atoms with van der Waals surface area (Å²) in [7, 11) is 0. The first kappa shape index (κ1) is 9.02. The van der Waals surface area contributed by atoms with Gasteiger partial charge >= 0.3 is 0 Å². The zero-order chi connectivity index (χ0) is 9.97. The van der Waals surface area contributed by atoms with Gasteiger partial charge in [0.1, 0.15) is 5.84 Å². The van der Waals surface area contributed by atoms with Gasteiger partial charge in [-0.2, -0.15) is 0 Å². The fraction of sp³-hybridized carbons (Fsp3) is 0.111. The Kier molecular flexibility index (Phi) is 2.37. The molecule has 0 bridgehead atoms. The maximum atomic E-state index is 5.51. The standard InChI is InChI=1S/C9H8ClN3O/c10-4-9(11)13-7-2-1-6-5-12-14-8(6)3-7/h1-3,5H,4H2,(H2,11,13). The molecule has 0 saturated carbocycles. The lowest BCUT2D eigenvalue weighted by Crippen LogP contribution is -2.12. The van der Waals surface area contributed by atoms with E-state index < -0.39 is 0 Å². The number of fused-ring (bicyclic) bond motifs is 1. The highest BCUT2D eigenvalue weighted by Crippen LogP contribution is 2.20. The molecule has 0 aliphatic heterocycles. The molecule has 0 spiro atoms. The van der Waals surface area contributed by atoms with Crippen LogP contribution in [0, 0.1) is 0 Å². The van der Waals surface area contributed by atoms with Gasteiger partial charge in [-0.25, -0.2) is 4.99 Å². The summed E-state index contributed by atoms with van der Waals surface area (Å²) in [5.41, 5.74) is 6.90. The molecule has 72 valence electrons. The van der Waals surface area contributed by atoms with Crippen LogP contribution >= 0.6 is 11.6 Å². The highest BCUT2D eigenvalue weighted by atomic mass is 35.5. The number of aromatic nitrogens is 1. The van der Waals surface area contributed by atoms with Gasteiger partial charge in [0.05, 0.1) is 17.8 Å². The Morgan fingerprint density at radius 1 is 1.57 bits per heavy atom. The fourth-order valence-corrected chi connectivity index (χ4v) is 1.17. The van der Waals surface area contributed by atoms with E-state index in [0.717, 1.165) is 5.39 Å². The largest absolute Gasteiger partial charge is 0.386 e. The minimum Gasteiger partial charge on any atom is -0.386 e. The van der Waals surface area contributed by atoms with Crippen LogP contribution in [0.25, 0.3) is 11.0 Å². The van der Waals surface area contributed by atoms with Crippen molar-refractivity contribution in [1.82, 2.24) is 5.16 Å². The molecule has 2 N–H and O–H groups in total. The molecule has 5 heteroatoms. The number of aliphatic imine (C=N–C) groups is 1. The molecule has 2 rings (SSSR count). The first-order valence-corrected chi connectivity index (χ1v) is 4.56. The van der Waals surface area contributed by atoms with Gasteiger partial charge in [0.15, 0.2) is 5.58 Å². The average molecular weight is 210 g/mol. The summed E-state index contributed by atoms with van der Waals surface area (Å²) in [6, 6.07) is 5.47. The van der Waals surface area contributed by atoms with Crippen LogP contribution in [0.4, 0.5) is 5.69 Å². The van der Waals surface area contributed by atoms with Crippen LogP contribution in [0.5, 0.6) is 0 Å². The van der Waals surface area contributed by atoms with Crippen molar-refractivity contribution in [1.29, 1.82) is 0 Å². The van der Waals surface area contributed by atoms with E-state index in [1.807, 2.05) is 12.1 Å². The van der Waals surface area contributed by atoms with Gasteiger partial charge in [-0.15, -0.1) is 11.6 Å². The Bertz CT molecular complexity index is 478. The van der Waals surface area contributed by atoms with Crippen molar-refractivity contribution >= 4 is 34.1 Å². The molecule has 0 fully saturated rings. The third-order valence-corrected chi connectivity index (χ3v) is 2.02. The summed E-state index contributed by atoms with van der Waals surface area (Å²) in [6.45, 7) is 0. The number of hydrogen-bond acceptors (Lipinski definition) is 3. The second-order valence-corrected chi connectivity index (χ2v) is 3.05. The van der Waals surface area contributed by atoms with Crippen molar-refractivity contribution in [3.05, 3.63) is 24.4 Å². The van der Waals surface area contributed by atoms with E-state index in [2.05, 4.69) is 10.1 Å². The number of alkyl halides is 1. The second kappa shape index (κ2) is 3.67. The maximum absolute atomic E-state index is 5.51. The normalized spacial score (nSPS) is 12.2. The predicted molar refractivity (Wildman–Crippen MR) is 56.0 cm³/mol. The number of halogens is 1. The Morgan fingerprint density at radius 2 is 2.43 bits per heavy atom. The monoisotopic (exact) mass is 209 g/mol. The quantitative estimate of drug-likeness (QED) is 0.468. The highest BCUT2D eigenvalue weighted by Gasteiger charge is 1.99. The van der Waals surface area contributed by atoms with Crippen LogP contribution in [0.3, 0.4) is 0 Å². The van der Waals surface area contributed by atoms with E-state index in [-0.39, 0.29) is 5.88 Å². The highest BCUT2D eigenvalue weighted by molar-refractivity contribution is 6.28. The first-order chi connectivity index (χ1) is 6.79. The Morgan fingerprint density at radius 3 is 3.21 bits per heavy atom. The molecule has 1 aromatic carbocycles. The van der Waals surface area contributed by atoms with Crippen molar-refractivity contribution in [3.63, 3.8) is 0 Å². The van der Waals surface area contributed by atoms with E-state index in [4.69, 9.17) is 21.9 Å². The summed E-state index contributed by atoms with van der Waals surface area (Å²) >= 11 is 5.51. The molecule has 0 radical (unpaired) electrons. The summed E-state index contributed by atoms with van der Waals surface area (Å²) in [6.07, 6.45) is 1.65. The summed E-state index contributed by atoms with van der Waals surface area (Å²) < 4.78 is 4.98. The van der Waals surface area contributed by atoms with Gasteiger partial charge in [0.2, 0.25) is 0 Å². The van der Waals surface area contributed by atoms with Gasteiger partial charge in [-0.3, -0.25) is 0 Å². The topological polar surface area (TPSA) is 64.4 Å². The molecule has 0 amide bonds. The van der Waals surface area contributed by atoms with Gasteiger partial charge in [0, 0.05) is 11.5 Å². The van der Waals surface area contributed by atoms with Gasteiger partial charge in [-0.05, 0) is 12.1 Å². The molecule has 0 atom stereocenters. The van der Waals surface area contributed by atoms with Crippen LogP contribution < -0.4 is 5.73 Å².